The molecule has 0 heterocycles. The van der Waals surface area contributed by atoms with Gasteiger partial charge in [0, 0.05) is 0 Å². The van der Waals surface area contributed by atoms with Crippen LogP contribution in [0, 0.1) is 34.6 Å². The molecule has 0 fully saturated rings. The first kappa shape index (κ1) is 13.1. The normalized spacial score (nSPS) is 12.0. The summed E-state index contributed by atoms with van der Waals surface area (Å²) in [6.45, 7) is 10.8. The summed E-state index contributed by atoms with van der Waals surface area (Å²) in [6, 6.07) is 0. The maximum atomic E-state index is 5.85. The summed E-state index contributed by atoms with van der Waals surface area (Å²) in [6.07, 6.45) is 1.97. The van der Waals surface area contributed by atoms with Gasteiger partial charge in [0.25, 0.3) is 0 Å². The molecule has 0 saturated heterocycles. The van der Waals surface area contributed by atoms with E-state index in [1.54, 1.807) is 0 Å². The third-order valence-corrected chi connectivity index (χ3v) is 4.01. The molecule has 88 valence electrons. The van der Waals surface area contributed by atoms with Crippen LogP contribution in [0.25, 0.3) is 0 Å². The molecule has 0 spiro atoms. The summed E-state index contributed by atoms with van der Waals surface area (Å²) in [5.74, 6) is 0. The zero-order valence-corrected chi connectivity index (χ0v) is 11.8. The van der Waals surface area contributed by atoms with Crippen molar-refractivity contribution in [1.29, 1.82) is 0 Å². The molecule has 0 aliphatic rings. The summed E-state index contributed by atoms with van der Waals surface area (Å²) >= 11 is 1.54. The molecule has 2 nitrogen and oxygen atoms in total. The summed E-state index contributed by atoms with van der Waals surface area (Å²) in [5.41, 5.74) is 13.7. The second-order valence-electron chi connectivity index (χ2n) is 4.19. The highest BCUT2D eigenvalue weighted by Gasteiger charge is 2.13. The van der Waals surface area contributed by atoms with E-state index in [1.807, 2.05) is 6.26 Å². The monoisotopic (exact) mass is 237 g/mol. The van der Waals surface area contributed by atoms with Gasteiger partial charge in [0.15, 0.2) is 0 Å². The molecule has 0 aliphatic heterocycles. The highest BCUT2D eigenvalue weighted by atomic mass is 32.2. The Morgan fingerprint density at radius 1 is 0.875 bits per heavy atom. The zero-order valence-electron chi connectivity index (χ0n) is 11.0. The molecule has 0 aliphatic carbocycles. The van der Waals surface area contributed by atoms with Crippen LogP contribution in [0.15, 0.2) is 0 Å². The van der Waals surface area contributed by atoms with Gasteiger partial charge in [-0.2, -0.15) is 0 Å². The average Bonchev–Trinajstić information content (AvgIpc) is 2.29. The molecule has 0 aromatic heterocycles. The van der Waals surface area contributed by atoms with Crippen LogP contribution in [-0.4, -0.2) is 11.4 Å². The lowest BCUT2D eigenvalue weighted by Crippen LogP contribution is -2.69. The standard InChI is InChI=1S/C13H20N2S/c1-7-8(2)10(4)12(11(5)9(7)3)15-13(14)16-6/h1-6H3,(H2,14,15)/p+1. The number of hydrogen-bond acceptors (Lipinski definition) is 1. The number of thioether (sulfide) groups is 1. The van der Waals surface area contributed by atoms with Gasteiger partial charge in [-0.05, 0) is 80.5 Å². The van der Waals surface area contributed by atoms with Crippen molar-refractivity contribution < 1.29 is 4.99 Å². The van der Waals surface area contributed by atoms with Gasteiger partial charge in [-0.25, -0.2) is 4.99 Å². The minimum Gasteiger partial charge on any atom is -0.281 e. The first-order valence-corrected chi connectivity index (χ1v) is 6.63. The van der Waals surface area contributed by atoms with E-state index in [4.69, 9.17) is 5.73 Å². The molecule has 0 saturated carbocycles. The van der Waals surface area contributed by atoms with Gasteiger partial charge in [-0.1, -0.05) is 0 Å². The first-order chi connectivity index (χ1) is 7.40. The van der Waals surface area contributed by atoms with E-state index in [0.29, 0.717) is 0 Å². The maximum absolute atomic E-state index is 5.85. The van der Waals surface area contributed by atoms with E-state index in [0.717, 1.165) is 10.9 Å². The number of nitrogens with one attached hydrogen (secondary N) is 1. The van der Waals surface area contributed by atoms with E-state index in [1.165, 1.54) is 39.6 Å². The Balaban J connectivity index is 3.52. The van der Waals surface area contributed by atoms with Crippen molar-refractivity contribution in [2.24, 2.45) is 5.73 Å². The van der Waals surface area contributed by atoms with Crippen LogP contribution in [0.3, 0.4) is 0 Å². The van der Waals surface area contributed by atoms with Crippen LogP contribution >= 0.6 is 11.8 Å². The molecular weight excluding hydrogens is 216 g/mol. The Morgan fingerprint density at radius 3 is 1.62 bits per heavy atom. The predicted molar refractivity (Wildman–Crippen MR) is 73.5 cm³/mol. The second kappa shape index (κ2) is 4.91. The Kier molecular flexibility index (Phi) is 4.03. The van der Waals surface area contributed by atoms with Crippen molar-refractivity contribution in [2.45, 2.75) is 34.6 Å². The first-order valence-electron chi connectivity index (χ1n) is 5.40. The van der Waals surface area contributed by atoms with E-state index < -0.39 is 0 Å². The van der Waals surface area contributed by atoms with E-state index >= 15 is 0 Å². The third kappa shape index (κ3) is 2.24. The lowest BCUT2D eigenvalue weighted by molar-refractivity contribution is -0.352. The SMILES string of the molecule is CSC(N)=[NH+]c1c(C)c(C)c(C)c(C)c1C. The largest absolute Gasteiger partial charge is 0.306 e. The fourth-order valence-electron chi connectivity index (χ4n) is 1.86. The van der Waals surface area contributed by atoms with Crippen molar-refractivity contribution in [1.82, 2.24) is 0 Å². The maximum Gasteiger partial charge on any atom is 0.306 e. The van der Waals surface area contributed by atoms with Crippen molar-refractivity contribution in [3.63, 3.8) is 0 Å². The van der Waals surface area contributed by atoms with Gasteiger partial charge in [0.1, 0.15) is 5.69 Å². The number of nitrogens with two attached hydrogens (primary N) is 1. The Labute approximate surface area is 102 Å². The average molecular weight is 237 g/mol. The molecule has 1 aromatic rings. The minimum atomic E-state index is 0.744. The van der Waals surface area contributed by atoms with Gasteiger partial charge >= 0.3 is 5.17 Å². The molecule has 0 unspecified atom stereocenters. The van der Waals surface area contributed by atoms with Crippen LogP contribution < -0.4 is 10.7 Å². The summed E-state index contributed by atoms with van der Waals surface area (Å²) < 4.78 is 0. The van der Waals surface area contributed by atoms with Gasteiger partial charge in [0.05, 0.1) is 0 Å². The van der Waals surface area contributed by atoms with Crippen molar-refractivity contribution in [3.8, 4) is 0 Å². The lowest BCUT2D eigenvalue weighted by Gasteiger charge is -2.14. The van der Waals surface area contributed by atoms with Crippen molar-refractivity contribution >= 4 is 22.6 Å². The molecular formula is C13H21N2S+. The highest BCUT2D eigenvalue weighted by Crippen LogP contribution is 2.26. The molecule has 1 rings (SSSR count). The van der Waals surface area contributed by atoms with Crippen molar-refractivity contribution in [2.75, 3.05) is 6.26 Å². The quantitative estimate of drug-likeness (QED) is 0.575. The zero-order chi connectivity index (χ0) is 12.5. The molecule has 0 amide bonds. The molecule has 3 heteroatoms. The van der Waals surface area contributed by atoms with Crippen LogP contribution in [0.2, 0.25) is 0 Å². The number of benzene rings is 1. The van der Waals surface area contributed by atoms with E-state index in [-0.39, 0.29) is 0 Å². The number of amidine groups is 1. The lowest BCUT2D eigenvalue weighted by atomic mass is 9.93. The van der Waals surface area contributed by atoms with Gasteiger partial charge in [-0.3, -0.25) is 5.73 Å². The third-order valence-electron chi connectivity index (χ3n) is 3.47. The molecule has 0 atom stereocenters. The van der Waals surface area contributed by atoms with Crippen LogP contribution in [0.4, 0.5) is 5.69 Å². The Morgan fingerprint density at radius 2 is 1.25 bits per heavy atom. The number of rotatable bonds is 1. The molecule has 0 radical (unpaired) electrons. The summed E-state index contributed by atoms with van der Waals surface area (Å²) in [7, 11) is 0. The minimum absolute atomic E-state index is 0.744. The van der Waals surface area contributed by atoms with Crippen molar-refractivity contribution in [3.05, 3.63) is 27.8 Å². The second-order valence-corrected chi connectivity index (χ2v) is 5.04. The fraction of sp³-hybridized carbons (Fsp3) is 0.462. The molecule has 1 aromatic carbocycles. The highest BCUT2D eigenvalue weighted by molar-refractivity contribution is 8.12. The number of hydrogen-bond donors (Lipinski definition) is 2. The summed E-state index contributed by atoms with van der Waals surface area (Å²) in [5, 5.41) is 0.744. The Hall–Kier alpha value is -0.960. The van der Waals surface area contributed by atoms with Crippen LogP contribution in [0.5, 0.6) is 0 Å². The van der Waals surface area contributed by atoms with Gasteiger partial charge < -0.3 is 0 Å². The smallest absolute Gasteiger partial charge is 0.281 e. The van der Waals surface area contributed by atoms with Gasteiger partial charge in [0.2, 0.25) is 0 Å². The van der Waals surface area contributed by atoms with E-state index in [9.17, 15) is 0 Å². The molecule has 3 N–H and O–H groups in total. The summed E-state index contributed by atoms with van der Waals surface area (Å²) in [4.78, 5) is 3.29. The molecule has 16 heavy (non-hydrogen) atoms. The van der Waals surface area contributed by atoms with E-state index in [2.05, 4.69) is 39.6 Å². The van der Waals surface area contributed by atoms with Gasteiger partial charge in [-0.15, -0.1) is 0 Å². The van der Waals surface area contributed by atoms with Crippen LogP contribution in [0.1, 0.15) is 27.8 Å². The molecule has 0 bridgehead atoms. The predicted octanol–water partition coefficient (Wildman–Crippen LogP) is 1.62. The fourth-order valence-corrected chi connectivity index (χ4v) is 2.07. The van der Waals surface area contributed by atoms with Crippen LogP contribution in [-0.2, 0) is 0 Å². The Bertz CT molecular complexity index is 419. The topological polar surface area (TPSA) is 40.0 Å².